The van der Waals surface area contributed by atoms with Crippen LogP contribution in [0.5, 0.6) is 5.75 Å². The van der Waals surface area contributed by atoms with E-state index in [0.29, 0.717) is 11.5 Å². The Bertz CT molecular complexity index is 1070. The first-order valence-corrected chi connectivity index (χ1v) is 10.5. The van der Waals surface area contributed by atoms with Crippen molar-refractivity contribution < 1.29 is 9.90 Å². The number of phenols is 1. The van der Waals surface area contributed by atoms with Gasteiger partial charge in [-0.15, -0.1) is 0 Å². The minimum atomic E-state index is -0.0451. The molecule has 1 amide bonds. The zero-order valence-corrected chi connectivity index (χ0v) is 18.5. The van der Waals surface area contributed by atoms with E-state index in [1.165, 1.54) is 0 Å². The van der Waals surface area contributed by atoms with Crippen LogP contribution in [-0.4, -0.2) is 27.1 Å². The number of thiocarbonyl (C=S) groups is 1. The van der Waals surface area contributed by atoms with Crippen LogP contribution in [0.4, 0.5) is 0 Å². The monoisotopic (exact) mass is 428 g/mol. The number of rotatable bonds is 6. The lowest BCUT2D eigenvalue weighted by atomic mass is 10.1. The predicted octanol–water partition coefficient (Wildman–Crippen LogP) is 5.30. The van der Waals surface area contributed by atoms with Crippen LogP contribution >= 0.6 is 23.8 Å². The standard InChI is InChI=1S/C23H25ClN2O2S/c1-4-5-10-25-22(28)12-17-15(3)26(20-13-19(24)21(27)11-18(17)20)23(29)16-8-6-14(2)7-9-16/h6-9,11,13,27H,4-5,10,12H2,1-3H3,(H,25,28). The Balaban J connectivity index is 2.09. The van der Waals surface area contributed by atoms with Crippen molar-refractivity contribution in [1.29, 1.82) is 0 Å². The SMILES string of the molecule is CCCCNC(=O)Cc1c(C)n(C(=S)c2ccc(C)cc2)c2cc(Cl)c(O)cc12. The molecule has 2 N–H and O–H groups in total. The topological polar surface area (TPSA) is 54.3 Å². The number of unbranched alkanes of at least 4 members (excludes halogenated alkanes) is 1. The summed E-state index contributed by atoms with van der Waals surface area (Å²) < 4.78 is 1.94. The molecule has 4 nitrogen and oxygen atoms in total. The van der Waals surface area contributed by atoms with Crippen molar-refractivity contribution in [2.24, 2.45) is 0 Å². The Morgan fingerprint density at radius 3 is 2.55 bits per heavy atom. The van der Waals surface area contributed by atoms with Crippen molar-refractivity contribution in [3.8, 4) is 5.75 Å². The van der Waals surface area contributed by atoms with Crippen LogP contribution < -0.4 is 5.32 Å². The Hall–Kier alpha value is -2.37. The molecular formula is C23H25ClN2O2S. The van der Waals surface area contributed by atoms with Gasteiger partial charge in [0.2, 0.25) is 5.91 Å². The molecule has 0 bridgehead atoms. The lowest BCUT2D eigenvalue weighted by Gasteiger charge is -2.11. The molecule has 0 radical (unpaired) electrons. The second kappa shape index (κ2) is 8.97. The van der Waals surface area contributed by atoms with Gasteiger partial charge in [0.1, 0.15) is 10.7 Å². The highest BCUT2D eigenvalue weighted by Gasteiger charge is 2.21. The molecule has 1 aromatic heterocycles. The first kappa shape index (κ1) is 21.3. The second-order valence-corrected chi connectivity index (χ2v) is 8.07. The average Bonchev–Trinajstić information content (AvgIpc) is 2.93. The maximum atomic E-state index is 12.5. The highest BCUT2D eigenvalue weighted by atomic mass is 35.5. The molecule has 3 aromatic rings. The summed E-state index contributed by atoms with van der Waals surface area (Å²) in [5.41, 5.74) is 4.57. The molecule has 2 aromatic carbocycles. The maximum absolute atomic E-state index is 12.5. The van der Waals surface area contributed by atoms with E-state index in [4.69, 9.17) is 23.8 Å². The Morgan fingerprint density at radius 2 is 1.90 bits per heavy atom. The molecule has 6 heteroatoms. The predicted molar refractivity (Wildman–Crippen MR) is 123 cm³/mol. The van der Waals surface area contributed by atoms with E-state index in [1.807, 2.05) is 42.7 Å². The van der Waals surface area contributed by atoms with Gasteiger partial charge in [-0.05, 0) is 38.0 Å². The van der Waals surface area contributed by atoms with E-state index in [-0.39, 0.29) is 23.1 Å². The van der Waals surface area contributed by atoms with Gasteiger partial charge in [-0.1, -0.05) is 67.0 Å². The van der Waals surface area contributed by atoms with Crippen molar-refractivity contribution in [2.45, 2.75) is 40.0 Å². The van der Waals surface area contributed by atoms with Gasteiger partial charge < -0.3 is 15.0 Å². The first-order valence-electron chi connectivity index (χ1n) is 9.74. The zero-order valence-electron chi connectivity index (χ0n) is 16.9. The third kappa shape index (κ3) is 4.46. The molecule has 0 aliphatic carbocycles. The smallest absolute Gasteiger partial charge is 0.224 e. The van der Waals surface area contributed by atoms with E-state index in [9.17, 15) is 9.90 Å². The third-order valence-electron chi connectivity index (χ3n) is 5.09. The molecule has 0 saturated carbocycles. The number of carbonyl (C=O) groups excluding carboxylic acids is 1. The van der Waals surface area contributed by atoms with Gasteiger partial charge in [0.25, 0.3) is 0 Å². The minimum absolute atomic E-state index is 0.00906. The highest BCUT2D eigenvalue weighted by molar-refractivity contribution is 7.80. The Kier molecular flexibility index (Phi) is 6.60. The molecule has 152 valence electrons. The fourth-order valence-corrected chi connectivity index (χ4v) is 3.96. The maximum Gasteiger partial charge on any atom is 0.224 e. The van der Waals surface area contributed by atoms with E-state index in [0.717, 1.165) is 46.1 Å². The molecule has 0 aliphatic rings. The summed E-state index contributed by atoms with van der Waals surface area (Å²) in [6.07, 6.45) is 2.19. The number of halogens is 1. The van der Waals surface area contributed by atoms with Gasteiger partial charge in [-0.3, -0.25) is 4.79 Å². The molecule has 29 heavy (non-hydrogen) atoms. The van der Waals surface area contributed by atoms with Crippen LogP contribution in [-0.2, 0) is 11.2 Å². The van der Waals surface area contributed by atoms with Crippen LogP contribution in [0, 0.1) is 13.8 Å². The summed E-state index contributed by atoms with van der Waals surface area (Å²) in [6.45, 7) is 6.72. The minimum Gasteiger partial charge on any atom is -0.506 e. The molecule has 0 spiro atoms. The number of aryl methyl sites for hydroxylation is 1. The lowest BCUT2D eigenvalue weighted by Crippen LogP contribution is -2.26. The van der Waals surface area contributed by atoms with Crippen molar-refractivity contribution in [3.05, 3.63) is 63.8 Å². The Labute approximate surface area is 181 Å². The van der Waals surface area contributed by atoms with E-state index < -0.39 is 0 Å². The quantitative estimate of drug-likeness (QED) is 0.413. The Morgan fingerprint density at radius 1 is 1.21 bits per heavy atom. The summed E-state index contributed by atoms with van der Waals surface area (Å²) in [7, 11) is 0. The molecule has 3 rings (SSSR count). The van der Waals surface area contributed by atoms with Gasteiger partial charge in [0.15, 0.2) is 0 Å². The number of amides is 1. The molecular weight excluding hydrogens is 404 g/mol. The molecule has 0 atom stereocenters. The first-order chi connectivity index (χ1) is 13.8. The molecule has 0 aliphatic heterocycles. The van der Waals surface area contributed by atoms with Gasteiger partial charge in [0, 0.05) is 23.2 Å². The summed E-state index contributed by atoms with van der Waals surface area (Å²) in [5, 5.41) is 14.2. The van der Waals surface area contributed by atoms with Crippen LogP contribution in [0.15, 0.2) is 36.4 Å². The number of benzene rings is 2. The zero-order chi connectivity index (χ0) is 21.1. The second-order valence-electron chi connectivity index (χ2n) is 7.27. The number of aromatic nitrogens is 1. The summed E-state index contributed by atoms with van der Waals surface area (Å²) in [5.74, 6) is -0.0542. The van der Waals surface area contributed by atoms with Crippen LogP contribution in [0.3, 0.4) is 0 Å². The van der Waals surface area contributed by atoms with Crippen LogP contribution in [0.2, 0.25) is 5.02 Å². The average molecular weight is 429 g/mol. The molecule has 0 saturated heterocycles. The normalized spacial score (nSPS) is 11.0. The molecule has 0 unspecified atom stereocenters. The summed E-state index contributed by atoms with van der Waals surface area (Å²) in [6, 6.07) is 11.3. The number of nitrogens with one attached hydrogen (secondary N) is 1. The van der Waals surface area contributed by atoms with Crippen LogP contribution in [0.25, 0.3) is 10.9 Å². The lowest BCUT2D eigenvalue weighted by molar-refractivity contribution is -0.120. The van der Waals surface area contributed by atoms with Gasteiger partial charge in [-0.2, -0.15) is 0 Å². The largest absolute Gasteiger partial charge is 0.506 e. The van der Waals surface area contributed by atoms with Gasteiger partial charge in [0.05, 0.1) is 17.0 Å². The number of fused-ring (bicyclic) bond motifs is 1. The van der Waals surface area contributed by atoms with Gasteiger partial charge in [-0.25, -0.2) is 0 Å². The van der Waals surface area contributed by atoms with Crippen molar-refractivity contribution in [2.75, 3.05) is 6.54 Å². The van der Waals surface area contributed by atoms with Crippen molar-refractivity contribution in [1.82, 2.24) is 9.88 Å². The van der Waals surface area contributed by atoms with E-state index in [2.05, 4.69) is 12.2 Å². The number of aromatic hydroxyl groups is 1. The number of hydrogen-bond donors (Lipinski definition) is 2. The van der Waals surface area contributed by atoms with Crippen LogP contribution in [0.1, 0.15) is 42.1 Å². The van der Waals surface area contributed by atoms with Gasteiger partial charge >= 0.3 is 0 Å². The summed E-state index contributed by atoms with van der Waals surface area (Å²) >= 11 is 12.0. The third-order valence-corrected chi connectivity index (χ3v) is 5.82. The molecule has 1 heterocycles. The highest BCUT2D eigenvalue weighted by Crippen LogP contribution is 2.35. The fraction of sp³-hybridized carbons (Fsp3) is 0.304. The molecule has 0 fully saturated rings. The van der Waals surface area contributed by atoms with Crippen molar-refractivity contribution >= 4 is 45.6 Å². The fourth-order valence-electron chi connectivity index (χ4n) is 3.43. The number of nitrogens with zero attached hydrogens (tertiary/aromatic N) is 1. The van der Waals surface area contributed by atoms with Crippen molar-refractivity contribution in [3.63, 3.8) is 0 Å². The number of phenolic OH excluding ortho intramolecular Hbond substituents is 1. The number of carbonyl (C=O) groups is 1. The summed E-state index contributed by atoms with van der Waals surface area (Å²) in [4.78, 5) is 13.1. The van der Waals surface area contributed by atoms with E-state index in [1.54, 1.807) is 12.1 Å². The van der Waals surface area contributed by atoms with E-state index >= 15 is 0 Å². The number of hydrogen-bond acceptors (Lipinski definition) is 3.